The smallest absolute Gasteiger partial charge is 0.213 e. The van der Waals surface area contributed by atoms with Crippen LogP contribution in [0.25, 0.3) is 0 Å². The minimum absolute atomic E-state index is 0. The second kappa shape index (κ2) is 12.2. The van der Waals surface area contributed by atoms with E-state index in [1.807, 2.05) is 37.4 Å². The SMILES string of the molecule is CN=C(NCc1ccnc(OCc2ccccc2)c1)NC1CCN(C2CCCC2)C1.I. The first-order chi connectivity index (χ1) is 14.8. The molecule has 1 aliphatic carbocycles. The first kappa shape index (κ1) is 23.8. The summed E-state index contributed by atoms with van der Waals surface area (Å²) in [6.07, 6.45) is 8.51. The molecule has 4 rings (SSSR count). The number of likely N-dealkylation sites (tertiary alicyclic amines) is 1. The summed E-state index contributed by atoms with van der Waals surface area (Å²) < 4.78 is 5.84. The molecular formula is C24H34IN5O. The molecule has 0 radical (unpaired) electrons. The molecule has 168 valence electrons. The van der Waals surface area contributed by atoms with Gasteiger partial charge in [-0.25, -0.2) is 4.98 Å². The van der Waals surface area contributed by atoms with E-state index in [0.717, 1.165) is 29.7 Å². The van der Waals surface area contributed by atoms with E-state index in [4.69, 9.17) is 4.74 Å². The Labute approximate surface area is 202 Å². The molecule has 0 bridgehead atoms. The Morgan fingerprint density at radius 2 is 1.94 bits per heavy atom. The molecule has 2 N–H and O–H groups in total. The van der Waals surface area contributed by atoms with Crippen LogP contribution in [0.1, 0.15) is 43.2 Å². The lowest BCUT2D eigenvalue weighted by molar-refractivity contribution is 0.242. The molecule has 31 heavy (non-hydrogen) atoms. The van der Waals surface area contributed by atoms with Gasteiger partial charge >= 0.3 is 0 Å². The summed E-state index contributed by atoms with van der Waals surface area (Å²) in [7, 11) is 1.83. The summed E-state index contributed by atoms with van der Waals surface area (Å²) in [6, 6.07) is 15.4. The van der Waals surface area contributed by atoms with Gasteiger partial charge in [0.15, 0.2) is 5.96 Å². The van der Waals surface area contributed by atoms with Crippen molar-refractivity contribution in [1.29, 1.82) is 0 Å². The van der Waals surface area contributed by atoms with Gasteiger partial charge in [-0.3, -0.25) is 9.89 Å². The van der Waals surface area contributed by atoms with E-state index < -0.39 is 0 Å². The number of guanidine groups is 1. The molecular weight excluding hydrogens is 501 g/mol. The van der Waals surface area contributed by atoms with E-state index in [9.17, 15) is 0 Å². The Morgan fingerprint density at radius 3 is 2.71 bits per heavy atom. The van der Waals surface area contributed by atoms with Gasteiger partial charge in [-0.2, -0.15) is 0 Å². The van der Waals surface area contributed by atoms with Crippen LogP contribution in [0.4, 0.5) is 0 Å². The van der Waals surface area contributed by atoms with Crippen molar-refractivity contribution >= 4 is 29.9 Å². The number of halogens is 1. The molecule has 2 aliphatic rings. The number of rotatable bonds is 7. The third-order valence-corrected chi connectivity index (χ3v) is 6.11. The molecule has 1 atom stereocenters. The molecule has 2 fully saturated rings. The molecule has 6 nitrogen and oxygen atoms in total. The quantitative estimate of drug-likeness (QED) is 0.320. The van der Waals surface area contributed by atoms with Crippen LogP contribution in [0.2, 0.25) is 0 Å². The molecule has 1 aliphatic heterocycles. The topological polar surface area (TPSA) is 61.8 Å². The molecule has 1 saturated carbocycles. The summed E-state index contributed by atoms with van der Waals surface area (Å²) in [5.74, 6) is 1.50. The van der Waals surface area contributed by atoms with Gasteiger partial charge in [-0.15, -0.1) is 24.0 Å². The molecule has 2 heterocycles. The predicted octanol–water partition coefficient (Wildman–Crippen LogP) is 3.96. The van der Waals surface area contributed by atoms with E-state index >= 15 is 0 Å². The second-order valence-electron chi connectivity index (χ2n) is 8.27. The highest BCUT2D eigenvalue weighted by atomic mass is 127. The fourth-order valence-corrected chi connectivity index (χ4v) is 4.45. The lowest BCUT2D eigenvalue weighted by Gasteiger charge is -2.24. The second-order valence-corrected chi connectivity index (χ2v) is 8.27. The Hall–Kier alpha value is -1.87. The van der Waals surface area contributed by atoms with Crippen LogP contribution in [0, 0.1) is 0 Å². The summed E-state index contributed by atoms with van der Waals surface area (Å²) in [5.41, 5.74) is 2.26. The molecule has 1 aromatic heterocycles. The highest BCUT2D eigenvalue weighted by Crippen LogP contribution is 2.26. The van der Waals surface area contributed by atoms with Crippen LogP contribution in [-0.4, -0.2) is 48.1 Å². The van der Waals surface area contributed by atoms with Crippen LogP contribution in [-0.2, 0) is 13.2 Å². The highest BCUT2D eigenvalue weighted by molar-refractivity contribution is 14.0. The van der Waals surface area contributed by atoms with Crippen LogP contribution < -0.4 is 15.4 Å². The molecule has 7 heteroatoms. The molecule has 1 aromatic carbocycles. The summed E-state index contributed by atoms with van der Waals surface area (Å²) in [5, 5.41) is 7.04. The lowest BCUT2D eigenvalue weighted by atomic mass is 10.2. The monoisotopic (exact) mass is 535 g/mol. The van der Waals surface area contributed by atoms with Crippen molar-refractivity contribution in [3.63, 3.8) is 0 Å². The zero-order valence-electron chi connectivity index (χ0n) is 18.3. The number of pyridine rings is 1. The van der Waals surface area contributed by atoms with Crippen LogP contribution >= 0.6 is 24.0 Å². The molecule has 1 unspecified atom stereocenters. The minimum atomic E-state index is 0. The van der Waals surface area contributed by atoms with Crippen molar-refractivity contribution in [2.75, 3.05) is 20.1 Å². The van der Waals surface area contributed by atoms with E-state index in [1.54, 1.807) is 6.20 Å². The van der Waals surface area contributed by atoms with Crippen molar-refractivity contribution < 1.29 is 4.74 Å². The zero-order chi connectivity index (χ0) is 20.6. The number of ether oxygens (including phenoxy) is 1. The van der Waals surface area contributed by atoms with Gasteiger partial charge in [0.2, 0.25) is 5.88 Å². The minimum Gasteiger partial charge on any atom is -0.473 e. The van der Waals surface area contributed by atoms with Gasteiger partial charge in [-0.05, 0) is 36.5 Å². The molecule has 1 saturated heterocycles. The average Bonchev–Trinajstić information content (AvgIpc) is 3.48. The van der Waals surface area contributed by atoms with Gasteiger partial charge in [0.05, 0.1) is 0 Å². The van der Waals surface area contributed by atoms with Crippen molar-refractivity contribution in [2.45, 2.75) is 57.3 Å². The molecule has 0 spiro atoms. The van der Waals surface area contributed by atoms with Crippen LogP contribution in [0.15, 0.2) is 53.7 Å². The normalized spacial score (nSPS) is 19.8. The number of hydrogen-bond donors (Lipinski definition) is 2. The maximum Gasteiger partial charge on any atom is 0.213 e. The third-order valence-electron chi connectivity index (χ3n) is 6.11. The predicted molar refractivity (Wildman–Crippen MR) is 136 cm³/mol. The summed E-state index contributed by atoms with van der Waals surface area (Å²) >= 11 is 0. The van der Waals surface area contributed by atoms with Gasteiger partial charge in [-0.1, -0.05) is 43.2 Å². The number of benzene rings is 1. The first-order valence-corrected chi connectivity index (χ1v) is 11.1. The maximum absolute atomic E-state index is 5.84. The van der Waals surface area contributed by atoms with E-state index in [2.05, 4.69) is 37.6 Å². The lowest BCUT2D eigenvalue weighted by Crippen LogP contribution is -2.45. The van der Waals surface area contributed by atoms with Gasteiger partial charge in [0, 0.05) is 51.0 Å². The summed E-state index contributed by atoms with van der Waals surface area (Å²) in [6.45, 7) is 3.53. The molecule has 2 aromatic rings. The fraction of sp³-hybridized carbons (Fsp3) is 0.500. The third kappa shape index (κ3) is 7.07. The Kier molecular flexibility index (Phi) is 9.39. The summed E-state index contributed by atoms with van der Waals surface area (Å²) in [4.78, 5) is 11.4. The number of nitrogens with one attached hydrogen (secondary N) is 2. The van der Waals surface area contributed by atoms with Crippen molar-refractivity contribution in [3.8, 4) is 5.88 Å². The standard InChI is InChI=1S/C24H33N5O.HI/c1-25-24(28-21-12-14-29(17-21)22-9-5-6-10-22)27-16-20-11-13-26-23(15-20)30-18-19-7-3-2-4-8-19;/h2-4,7-8,11,13,15,21-22H,5-6,9-10,12,14,16-18H2,1H3,(H2,25,27,28);1H. The van der Waals surface area contributed by atoms with Gasteiger partial charge in [0.25, 0.3) is 0 Å². The first-order valence-electron chi connectivity index (χ1n) is 11.1. The van der Waals surface area contributed by atoms with Crippen molar-refractivity contribution in [1.82, 2.24) is 20.5 Å². The van der Waals surface area contributed by atoms with E-state index in [0.29, 0.717) is 25.1 Å². The zero-order valence-corrected chi connectivity index (χ0v) is 20.6. The van der Waals surface area contributed by atoms with Crippen LogP contribution in [0.5, 0.6) is 5.88 Å². The number of aromatic nitrogens is 1. The average molecular weight is 535 g/mol. The van der Waals surface area contributed by atoms with E-state index in [1.165, 1.54) is 38.6 Å². The van der Waals surface area contributed by atoms with Gasteiger partial charge < -0.3 is 15.4 Å². The highest BCUT2D eigenvalue weighted by Gasteiger charge is 2.30. The van der Waals surface area contributed by atoms with E-state index in [-0.39, 0.29) is 24.0 Å². The fourth-order valence-electron chi connectivity index (χ4n) is 4.45. The van der Waals surface area contributed by atoms with Crippen molar-refractivity contribution in [2.24, 2.45) is 4.99 Å². The largest absolute Gasteiger partial charge is 0.473 e. The molecule has 0 amide bonds. The Balaban J connectivity index is 0.00000272. The van der Waals surface area contributed by atoms with Crippen LogP contribution in [0.3, 0.4) is 0 Å². The Bertz CT molecular complexity index is 826. The number of hydrogen-bond acceptors (Lipinski definition) is 4. The van der Waals surface area contributed by atoms with Gasteiger partial charge in [0.1, 0.15) is 6.61 Å². The van der Waals surface area contributed by atoms with Crippen molar-refractivity contribution in [3.05, 3.63) is 59.8 Å². The maximum atomic E-state index is 5.84. The number of aliphatic imine (C=N–C) groups is 1. The Morgan fingerprint density at radius 1 is 1.13 bits per heavy atom. The number of nitrogens with zero attached hydrogens (tertiary/aromatic N) is 3.